The third-order valence-electron chi connectivity index (χ3n) is 3.59. The Morgan fingerprint density at radius 1 is 1.27 bits per heavy atom. The Kier molecular flexibility index (Phi) is 7.45. The van der Waals surface area contributed by atoms with Crippen molar-refractivity contribution in [3.8, 4) is 11.5 Å². The molecule has 2 aromatic rings. The zero-order valence-electron chi connectivity index (χ0n) is 14.7. The number of nitrogens with one attached hydrogen (secondary N) is 1. The molecule has 0 aliphatic rings. The van der Waals surface area contributed by atoms with E-state index in [1.807, 2.05) is 24.5 Å². The molecule has 0 atom stereocenters. The van der Waals surface area contributed by atoms with E-state index in [9.17, 15) is 8.42 Å². The zero-order chi connectivity index (χ0) is 19.2. The number of benzene rings is 2. The second-order valence-corrected chi connectivity index (χ2v) is 8.60. The van der Waals surface area contributed by atoms with E-state index >= 15 is 0 Å². The highest BCUT2D eigenvalue weighted by atomic mass is 32.2. The van der Waals surface area contributed by atoms with Crippen LogP contribution in [0.3, 0.4) is 0 Å². The number of ether oxygens (including phenoxy) is 1. The lowest BCUT2D eigenvalue weighted by Crippen LogP contribution is -2.16. The lowest BCUT2D eigenvalue weighted by Gasteiger charge is -2.18. The van der Waals surface area contributed by atoms with E-state index in [1.54, 1.807) is 18.2 Å². The molecule has 0 bridgehead atoms. The molecule has 0 unspecified atom stereocenters. The minimum atomic E-state index is -4.00. The number of nitrogens with two attached hydrogens (primary N) is 1. The average molecular weight is 411 g/mol. The van der Waals surface area contributed by atoms with E-state index < -0.39 is 10.0 Å². The molecule has 0 aliphatic carbocycles. The standard InChI is InChI=1S/C18H22N2O3S3/c1-3-4-10-20-15-11-13(18(24)25-2)12-16(26(19,21)22)17(15)23-14-8-6-5-7-9-14/h5-9,11-12,20H,3-4,10H2,1-2H3,(H2,19,21,22). The Bertz CT molecular complexity index is 869. The van der Waals surface area contributed by atoms with E-state index in [2.05, 4.69) is 12.2 Å². The van der Waals surface area contributed by atoms with Gasteiger partial charge in [-0.05, 0) is 36.9 Å². The molecule has 0 saturated heterocycles. The molecule has 0 heterocycles. The quantitative estimate of drug-likeness (QED) is 0.497. The molecule has 0 aromatic heterocycles. The van der Waals surface area contributed by atoms with Crippen molar-refractivity contribution in [2.75, 3.05) is 18.1 Å². The minimum absolute atomic E-state index is 0.0887. The van der Waals surface area contributed by atoms with Crippen molar-refractivity contribution in [2.24, 2.45) is 5.14 Å². The van der Waals surface area contributed by atoms with Gasteiger partial charge in [0.15, 0.2) is 5.75 Å². The number of unbranched alkanes of at least 4 members (excludes halogenated alkanes) is 1. The average Bonchev–Trinajstić information content (AvgIpc) is 2.62. The van der Waals surface area contributed by atoms with E-state index in [0.717, 1.165) is 12.8 Å². The predicted molar refractivity (Wildman–Crippen MR) is 113 cm³/mol. The fourth-order valence-corrected chi connectivity index (χ4v) is 3.46. The van der Waals surface area contributed by atoms with Gasteiger partial charge in [-0.1, -0.05) is 43.8 Å². The molecule has 0 fully saturated rings. The third kappa shape index (κ3) is 5.44. The summed E-state index contributed by atoms with van der Waals surface area (Å²) in [5, 5.41) is 8.71. The number of rotatable bonds is 8. The summed E-state index contributed by atoms with van der Waals surface area (Å²) < 4.78 is 30.9. The summed E-state index contributed by atoms with van der Waals surface area (Å²) in [5.74, 6) is 0.707. The SMILES string of the molecule is CCCCNc1cc(C(=S)SC)cc(S(N)(=O)=O)c1Oc1ccccc1. The Morgan fingerprint density at radius 2 is 1.96 bits per heavy atom. The first kappa shape index (κ1) is 20.7. The number of hydrogen-bond acceptors (Lipinski definition) is 6. The number of hydrogen-bond donors (Lipinski definition) is 2. The Hall–Kier alpha value is -1.61. The van der Waals surface area contributed by atoms with Crippen molar-refractivity contribution < 1.29 is 13.2 Å². The van der Waals surface area contributed by atoms with Crippen molar-refractivity contribution >= 4 is 43.9 Å². The van der Waals surface area contributed by atoms with Gasteiger partial charge in [0.25, 0.3) is 0 Å². The maximum atomic E-state index is 12.2. The molecular formula is C18H22N2O3S3. The van der Waals surface area contributed by atoms with Gasteiger partial charge in [-0.25, -0.2) is 13.6 Å². The largest absolute Gasteiger partial charge is 0.454 e. The van der Waals surface area contributed by atoms with Crippen LogP contribution in [-0.2, 0) is 10.0 Å². The fraction of sp³-hybridized carbons (Fsp3) is 0.278. The number of para-hydroxylation sites is 1. The van der Waals surface area contributed by atoms with Crippen LogP contribution in [0.15, 0.2) is 47.4 Å². The van der Waals surface area contributed by atoms with Crippen LogP contribution >= 0.6 is 24.0 Å². The molecule has 5 nitrogen and oxygen atoms in total. The molecule has 0 spiro atoms. The van der Waals surface area contributed by atoms with Crippen molar-refractivity contribution in [1.29, 1.82) is 0 Å². The summed E-state index contributed by atoms with van der Waals surface area (Å²) in [4.78, 5) is -0.0887. The van der Waals surface area contributed by atoms with Gasteiger partial charge >= 0.3 is 0 Å². The van der Waals surface area contributed by atoms with Gasteiger partial charge in [-0.2, -0.15) is 0 Å². The van der Waals surface area contributed by atoms with Crippen LogP contribution in [0.2, 0.25) is 0 Å². The molecule has 0 radical (unpaired) electrons. The number of sulfonamides is 1. The Balaban J connectivity index is 2.60. The highest BCUT2D eigenvalue weighted by Crippen LogP contribution is 2.37. The van der Waals surface area contributed by atoms with Crippen molar-refractivity contribution in [3.05, 3.63) is 48.0 Å². The van der Waals surface area contributed by atoms with Gasteiger partial charge in [0, 0.05) is 12.1 Å². The smallest absolute Gasteiger partial charge is 0.241 e. The Morgan fingerprint density at radius 3 is 2.54 bits per heavy atom. The van der Waals surface area contributed by atoms with E-state index in [-0.39, 0.29) is 10.6 Å². The molecule has 2 aromatic carbocycles. The Labute approximate surface area is 164 Å². The van der Waals surface area contributed by atoms with Crippen LogP contribution in [0.5, 0.6) is 11.5 Å². The number of thioether (sulfide) groups is 1. The van der Waals surface area contributed by atoms with Crippen LogP contribution in [0.25, 0.3) is 0 Å². The lowest BCUT2D eigenvalue weighted by atomic mass is 10.2. The van der Waals surface area contributed by atoms with E-state index in [4.69, 9.17) is 22.1 Å². The van der Waals surface area contributed by atoms with Crippen LogP contribution in [-0.4, -0.2) is 25.4 Å². The van der Waals surface area contributed by atoms with Crippen LogP contribution in [0.1, 0.15) is 25.3 Å². The topological polar surface area (TPSA) is 81.4 Å². The van der Waals surface area contributed by atoms with E-state index in [0.29, 0.717) is 27.7 Å². The van der Waals surface area contributed by atoms with Crippen molar-refractivity contribution in [3.63, 3.8) is 0 Å². The first-order chi connectivity index (χ1) is 12.4. The molecule has 0 saturated carbocycles. The molecule has 0 aliphatic heterocycles. The van der Waals surface area contributed by atoms with Crippen LogP contribution < -0.4 is 15.2 Å². The first-order valence-corrected chi connectivity index (χ1v) is 11.3. The van der Waals surface area contributed by atoms with Gasteiger partial charge in [0.2, 0.25) is 10.0 Å². The summed E-state index contributed by atoms with van der Waals surface area (Å²) in [5.41, 5.74) is 1.18. The maximum absolute atomic E-state index is 12.2. The summed E-state index contributed by atoms with van der Waals surface area (Å²) in [6.07, 6.45) is 3.79. The zero-order valence-corrected chi connectivity index (χ0v) is 17.1. The lowest BCUT2D eigenvalue weighted by molar-refractivity contribution is 0.469. The molecule has 140 valence electrons. The van der Waals surface area contributed by atoms with Gasteiger partial charge in [-0.3, -0.25) is 0 Å². The monoisotopic (exact) mass is 410 g/mol. The molecule has 8 heteroatoms. The third-order valence-corrected chi connectivity index (χ3v) is 5.85. The van der Waals surface area contributed by atoms with Gasteiger partial charge < -0.3 is 10.1 Å². The summed E-state index contributed by atoms with van der Waals surface area (Å²) in [7, 11) is -4.00. The van der Waals surface area contributed by atoms with Crippen LogP contribution in [0.4, 0.5) is 5.69 Å². The summed E-state index contributed by atoms with van der Waals surface area (Å²) >= 11 is 6.70. The predicted octanol–water partition coefficient (Wildman–Crippen LogP) is 4.38. The van der Waals surface area contributed by atoms with Crippen molar-refractivity contribution in [1.82, 2.24) is 0 Å². The highest BCUT2D eigenvalue weighted by Gasteiger charge is 2.22. The molecule has 3 N–H and O–H groups in total. The molecule has 26 heavy (non-hydrogen) atoms. The van der Waals surface area contributed by atoms with Gasteiger partial charge in [-0.15, -0.1) is 11.8 Å². The second-order valence-electron chi connectivity index (χ2n) is 5.58. The summed E-state index contributed by atoms with van der Waals surface area (Å²) in [6.45, 7) is 2.76. The number of thiocarbonyl (C=S) groups is 1. The van der Waals surface area contributed by atoms with Gasteiger partial charge in [0.1, 0.15) is 10.6 Å². The molecule has 0 amide bonds. The minimum Gasteiger partial charge on any atom is -0.454 e. The second kappa shape index (κ2) is 9.36. The molecular weight excluding hydrogens is 388 g/mol. The normalized spacial score (nSPS) is 11.2. The highest BCUT2D eigenvalue weighted by molar-refractivity contribution is 8.23. The number of primary sulfonamides is 1. The first-order valence-electron chi connectivity index (χ1n) is 8.12. The van der Waals surface area contributed by atoms with Gasteiger partial charge in [0.05, 0.1) is 9.88 Å². The van der Waals surface area contributed by atoms with Crippen molar-refractivity contribution in [2.45, 2.75) is 24.7 Å². The molecule has 2 rings (SSSR count). The van der Waals surface area contributed by atoms with Crippen LogP contribution in [0, 0.1) is 0 Å². The summed E-state index contributed by atoms with van der Waals surface area (Å²) in [6, 6.07) is 12.3. The van der Waals surface area contributed by atoms with E-state index in [1.165, 1.54) is 17.8 Å². The fourth-order valence-electron chi connectivity index (χ4n) is 2.29. The maximum Gasteiger partial charge on any atom is 0.241 e. The number of anilines is 1.